The molecule has 0 aromatic heterocycles. The maximum Gasteiger partial charge on any atom is 0.0468 e. The normalized spacial score (nSPS) is 14.7. The first-order valence-corrected chi connectivity index (χ1v) is 43.6. The molecule has 3 aliphatic carbocycles. The molecule has 123 heavy (non-hydrogen) atoms. The lowest BCUT2D eigenvalue weighted by molar-refractivity contribution is 0.299. The summed E-state index contributed by atoms with van der Waals surface area (Å²) in [7, 11) is 0. The van der Waals surface area contributed by atoms with Crippen molar-refractivity contribution >= 4 is 83.5 Å². The van der Waals surface area contributed by atoms with Gasteiger partial charge in [0.2, 0.25) is 0 Å². The third kappa shape index (κ3) is 14.0. The van der Waals surface area contributed by atoms with Gasteiger partial charge in [-0.2, -0.15) is 0 Å². The van der Waals surface area contributed by atoms with Crippen LogP contribution in [0.25, 0.3) is 99.1 Å². The van der Waals surface area contributed by atoms with Crippen molar-refractivity contribution in [3.05, 3.63) is 452 Å². The Labute approximate surface area is 727 Å². The van der Waals surface area contributed by atoms with Crippen LogP contribution >= 0.6 is 0 Å². The largest absolute Gasteiger partial charge is 0.310 e. The lowest BCUT2D eigenvalue weighted by Gasteiger charge is -2.48. The van der Waals surface area contributed by atoms with Crippen LogP contribution in [0.15, 0.2) is 419 Å². The molecule has 0 aliphatic heterocycles. The zero-order chi connectivity index (χ0) is 84.6. The van der Waals surface area contributed by atoms with Crippen molar-refractivity contribution in [1.82, 2.24) is 0 Å². The highest BCUT2D eigenvalue weighted by atomic mass is 15.2. The molecule has 3 nitrogen and oxygen atoms in total. The molecule has 0 N–H and O–H groups in total. The van der Waals surface area contributed by atoms with Crippen LogP contribution < -0.4 is 14.7 Å². The van der Waals surface area contributed by atoms with Gasteiger partial charge in [-0.25, -0.2) is 0 Å². The zero-order valence-corrected chi connectivity index (χ0v) is 72.7. The number of nitrogens with zero attached hydrogens (tertiary/aromatic N) is 3. The van der Waals surface area contributed by atoms with E-state index in [4.69, 9.17) is 0 Å². The summed E-state index contributed by atoms with van der Waals surface area (Å²) in [5.74, 6) is 0. The Morgan fingerprint density at radius 1 is 0.130 bits per heavy atom. The molecule has 0 radical (unpaired) electrons. The highest BCUT2D eigenvalue weighted by Crippen LogP contribution is 2.59. The first-order chi connectivity index (χ1) is 59.5. The highest BCUT2D eigenvalue weighted by molar-refractivity contribution is 5.95. The molecular formula is C120H105N3. The van der Waals surface area contributed by atoms with Gasteiger partial charge in [-0.15, -0.1) is 0 Å². The maximum absolute atomic E-state index is 2.44. The Balaban J connectivity index is 0.000000123. The van der Waals surface area contributed by atoms with Crippen LogP contribution in [0.3, 0.4) is 0 Å². The fourth-order valence-electron chi connectivity index (χ4n) is 19.7. The van der Waals surface area contributed by atoms with E-state index in [9.17, 15) is 0 Å². The number of hydrogen-bond donors (Lipinski definition) is 0. The van der Waals surface area contributed by atoms with Gasteiger partial charge in [-0.3, -0.25) is 0 Å². The third-order valence-corrected chi connectivity index (χ3v) is 28.8. The van der Waals surface area contributed by atoms with Crippen LogP contribution in [0.1, 0.15) is 116 Å². The second-order valence-corrected chi connectivity index (χ2v) is 36.9. The van der Waals surface area contributed by atoms with E-state index in [1.165, 1.54) is 155 Å². The van der Waals surface area contributed by atoms with E-state index in [0.717, 1.165) is 28.4 Å². The number of rotatable bonds is 12. The number of para-hydroxylation sites is 1. The Kier molecular flexibility index (Phi) is 20.1. The summed E-state index contributed by atoms with van der Waals surface area (Å²) >= 11 is 0. The second-order valence-electron chi connectivity index (χ2n) is 36.9. The topological polar surface area (TPSA) is 9.72 Å². The highest BCUT2D eigenvalue weighted by Gasteiger charge is 2.49. The van der Waals surface area contributed by atoms with Gasteiger partial charge >= 0.3 is 0 Å². The summed E-state index contributed by atoms with van der Waals surface area (Å²) in [4.78, 5) is 7.22. The molecule has 0 bridgehead atoms. The number of anilines is 9. The molecule has 3 aliphatic rings. The summed E-state index contributed by atoms with van der Waals surface area (Å²) in [6.07, 6.45) is 0. The molecule has 0 unspecified atom stereocenters. The average Bonchev–Trinajstić information content (AvgIpc) is 0.720. The average molecular weight is 1590 g/mol. The standard InChI is InChI=1S/C46H39N.C40H35N.C34H31N/c1-45(2)43-17-11-10-16-41(43)42-29-28-40(31-44(42)46(45,3)4)47(39-27-24-33-14-8-9-15-37(33)30-39)38-25-22-36(23-26-38)35-20-18-34(19-21-35)32-12-6-5-7-13-32;1-39(2)37-20-11-10-19-35(37)36-24-23-34(27-38(36)40(39,3)4)41(33-22-21-29-15-8-9-16-30(29)26-33)32-18-12-17-31(25-32)28-13-6-5-7-14-28;1-33(2)31-17-11-10-16-29(31)30-21-20-28(23-32(30)34(33,3)4)35(26-14-6-5-7-15-26)27-19-18-24-12-8-9-13-25(24)22-27/h5-31H,1-4H3;5-27H,1-4H3;5-23H,1-4H3. The van der Waals surface area contributed by atoms with Gasteiger partial charge < -0.3 is 14.7 Å². The Morgan fingerprint density at radius 2 is 0.341 bits per heavy atom. The lowest BCUT2D eigenvalue weighted by atomic mass is 9.55. The van der Waals surface area contributed by atoms with Crippen molar-refractivity contribution < 1.29 is 0 Å². The van der Waals surface area contributed by atoms with Crippen molar-refractivity contribution in [3.63, 3.8) is 0 Å². The summed E-state index contributed by atoms with van der Waals surface area (Å²) in [6, 6.07) is 153. The molecule has 0 amide bonds. The molecule has 18 aromatic carbocycles. The van der Waals surface area contributed by atoms with Crippen LogP contribution in [0.2, 0.25) is 0 Å². The molecule has 0 fully saturated rings. The summed E-state index contributed by atoms with van der Waals surface area (Å²) in [6.45, 7) is 28.8. The molecule has 0 spiro atoms. The Bertz CT molecular complexity index is 6990. The van der Waals surface area contributed by atoms with Gasteiger partial charge in [0.05, 0.1) is 0 Å². The Morgan fingerprint density at radius 3 is 0.699 bits per heavy atom. The molecule has 0 heterocycles. The zero-order valence-electron chi connectivity index (χ0n) is 72.7. The minimum Gasteiger partial charge on any atom is -0.310 e. The third-order valence-electron chi connectivity index (χ3n) is 28.8. The monoisotopic (exact) mass is 1590 g/mol. The lowest BCUT2D eigenvalue weighted by Crippen LogP contribution is -2.43. The predicted octanol–water partition coefficient (Wildman–Crippen LogP) is 33.6. The van der Waals surface area contributed by atoms with E-state index in [1.54, 1.807) is 0 Å². The molecule has 18 aromatic rings. The van der Waals surface area contributed by atoms with Crippen molar-refractivity contribution in [2.24, 2.45) is 0 Å². The van der Waals surface area contributed by atoms with Crippen LogP contribution in [-0.2, 0) is 32.5 Å². The second kappa shape index (κ2) is 31.3. The van der Waals surface area contributed by atoms with E-state index in [0.29, 0.717) is 0 Å². The van der Waals surface area contributed by atoms with E-state index in [-0.39, 0.29) is 32.5 Å². The molecule has 21 rings (SSSR count). The smallest absolute Gasteiger partial charge is 0.0468 e. The van der Waals surface area contributed by atoms with Gasteiger partial charge in [-0.1, -0.05) is 392 Å². The molecule has 0 atom stereocenters. The van der Waals surface area contributed by atoms with Crippen LogP contribution in [0, 0.1) is 0 Å². The van der Waals surface area contributed by atoms with Gasteiger partial charge in [0.15, 0.2) is 0 Å². The van der Waals surface area contributed by atoms with E-state index in [2.05, 4.69) is 516 Å². The SMILES string of the molecule is CC1(C)c2ccccc2-c2ccc(N(c3ccc(-c4ccc(-c5ccccc5)cc4)cc3)c3ccc4ccccc4c3)cc2C1(C)C.CC1(C)c2ccccc2-c2ccc(N(c3cccc(-c4ccccc4)c3)c3ccc4ccccc4c3)cc2C1(C)C.CC1(C)c2ccccc2-c2ccc(N(c3ccccc3)c3ccc4ccccc4c3)cc2C1(C)C. The molecule has 3 heteroatoms. The van der Waals surface area contributed by atoms with E-state index >= 15 is 0 Å². The van der Waals surface area contributed by atoms with Gasteiger partial charge in [0, 0.05) is 51.2 Å². The van der Waals surface area contributed by atoms with Crippen molar-refractivity contribution in [2.45, 2.75) is 116 Å². The van der Waals surface area contributed by atoms with E-state index < -0.39 is 0 Å². The van der Waals surface area contributed by atoms with E-state index in [1.807, 2.05) is 0 Å². The fourth-order valence-corrected chi connectivity index (χ4v) is 19.7. The number of hydrogen-bond acceptors (Lipinski definition) is 3. The van der Waals surface area contributed by atoms with Crippen molar-refractivity contribution in [1.29, 1.82) is 0 Å². The molecule has 0 saturated carbocycles. The van der Waals surface area contributed by atoms with Crippen molar-refractivity contribution in [2.75, 3.05) is 14.7 Å². The van der Waals surface area contributed by atoms with Gasteiger partial charge in [0.25, 0.3) is 0 Å². The first-order valence-electron chi connectivity index (χ1n) is 43.6. The predicted molar refractivity (Wildman–Crippen MR) is 527 cm³/mol. The fraction of sp³-hybridized carbons (Fsp3) is 0.150. The minimum absolute atomic E-state index is 0.00967. The molecule has 600 valence electrons. The Hall–Kier alpha value is -13.9. The van der Waals surface area contributed by atoms with Gasteiger partial charge in [0.1, 0.15) is 0 Å². The number of benzene rings is 18. The maximum atomic E-state index is 2.44. The van der Waals surface area contributed by atoms with Crippen molar-refractivity contribution in [3.8, 4) is 66.8 Å². The number of fused-ring (bicyclic) bond motifs is 12. The molecule has 0 saturated heterocycles. The molecular weight excluding hydrogens is 1480 g/mol. The van der Waals surface area contributed by atoms with Crippen LogP contribution in [0.4, 0.5) is 51.2 Å². The summed E-state index contributed by atoms with van der Waals surface area (Å²) < 4.78 is 0. The quantitative estimate of drug-likeness (QED) is 0.121. The first kappa shape index (κ1) is 79.0. The summed E-state index contributed by atoms with van der Waals surface area (Å²) in [5.41, 5.74) is 34.1. The summed E-state index contributed by atoms with van der Waals surface area (Å²) in [5, 5.41) is 7.48. The van der Waals surface area contributed by atoms with Crippen LogP contribution in [-0.4, -0.2) is 0 Å². The minimum atomic E-state index is -0.0719. The van der Waals surface area contributed by atoms with Crippen LogP contribution in [0.5, 0.6) is 0 Å². The van der Waals surface area contributed by atoms with Gasteiger partial charge in [-0.05, 0) is 274 Å².